The van der Waals surface area contributed by atoms with Gasteiger partial charge in [0, 0.05) is 5.69 Å². The van der Waals surface area contributed by atoms with Crippen LogP contribution in [0.3, 0.4) is 0 Å². The van der Waals surface area contributed by atoms with E-state index < -0.39 is 5.54 Å². The predicted octanol–water partition coefficient (Wildman–Crippen LogP) is 3.25. The summed E-state index contributed by atoms with van der Waals surface area (Å²) in [5, 5.41) is 2.87. The number of benzene rings is 2. The summed E-state index contributed by atoms with van der Waals surface area (Å²) in [6, 6.07) is 15.4. The largest absolute Gasteiger partial charge is 0.489 e. The van der Waals surface area contributed by atoms with Gasteiger partial charge in [-0.3, -0.25) is 4.79 Å². The molecule has 0 heterocycles. The number of nitrogens with one attached hydrogen (secondary N) is 1. The van der Waals surface area contributed by atoms with Crippen LogP contribution in [-0.4, -0.2) is 11.4 Å². The van der Waals surface area contributed by atoms with Crippen LogP contribution in [0.4, 0.5) is 5.69 Å². The fraction of sp³-hybridized carbons (Fsp3) is 0.278. The van der Waals surface area contributed by atoms with Gasteiger partial charge in [-0.1, -0.05) is 30.3 Å². The number of ether oxygens (including phenoxy) is 1. The lowest BCUT2D eigenvalue weighted by Crippen LogP contribution is -2.45. The predicted molar refractivity (Wildman–Crippen MR) is 88.8 cm³/mol. The van der Waals surface area contributed by atoms with Crippen molar-refractivity contribution >= 4 is 11.6 Å². The van der Waals surface area contributed by atoms with Gasteiger partial charge in [0.05, 0.1) is 5.54 Å². The van der Waals surface area contributed by atoms with Gasteiger partial charge in [-0.2, -0.15) is 0 Å². The van der Waals surface area contributed by atoms with E-state index in [-0.39, 0.29) is 5.91 Å². The minimum absolute atomic E-state index is 0.211. The average Bonchev–Trinajstić information content (AvgIpc) is 2.48. The van der Waals surface area contributed by atoms with E-state index in [9.17, 15) is 4.79 Å². The van der Waals surface area contributed by atoms with Crippen LogP contribution in [0.1, 0.15) is 25.0 Å². The lowest BCUT2D eigenvalue weighted by Gasteiger charge is -2.20. The highest BCUT2D eigenvalue weighted by atomic mass is 16.5. The van der Waals surface area contributed by atoms with Gasteiger partial charge in [-0.25, -0.2) is 0 Å². The van der Waals surface area contributed by atoms with Crippen LogP contribution in [0, 0.1) is 6.92 Å². The fourth-order valence-corrected chi connectivity index (χ4v) is 1.94. The summed E-state index contributed by atoms with van der Waals surface area (Å²) in [4.78, 5) is 12.0. The molecule has 2 aromatic rings. The average molecular weight is 298 g/mol. The number of anilines is 1. The maximum atomic E-state index is 12.0. The molecule has 0 aromatic heterocycles. The molecule has 0 spiro atoms. The summed E-state index contributed by atoms with van der Waals surface area (Å²) in [6.07, 6.45) is 0. The zero-order chi connectivity index (χ0) is 16.2. The van der Waals surface area contributed by atoms with Crippen molar-refractivity contribution in [2.75, 3.05) is 5.32 Å². The first-order valence-corrected chi connectivity index (χ1v) is 7.24. The quantitative estimate of drug-likeness (QED) is 0.890. The molecule has 3 N–H and O–H groups in total. The van der Waals surface area contributed by atoms with E-state index in [1.807, 2.05) is 55.5 Å². The van der Waals surface area contributed by atoms with Gasteiger partial charge in [0.15, 0.2) is 0 Å². The van der Waals surface area contributed by atoms with E-state index in [1.54, 1.807) is 13.8 Å². The Kier molecular flexibility index (Phi) is 4.83. The molecule has 0 atom stereocenters. The van der Waals surface area contributed by atoms with Crippen molar-refractivity contribution in [3.05, 3.63) is 59.7 Å². The highest BCUT2D eigenvalue weighted by Gasteiger charge is 2.22. The molecule has 0 aliphatic carbocycles. The molecule has 0 aliphatic rings. The number of nitrogens with two attached hydrogens (primary N) is 1. The van der Waals surface area contributed by atoms with Crippen LogP contribution < -0.4 is 15.8 Å². The first-order valence-electron chi connectivity index (χ1n) is 7.24. The van der Waals surface area contributed by atoms with E-state index in [0.717, 1.165) is 22.6 Å². The number of hydrogen-bond acceptors (Lipinski definition) is 3. The summed E-state index contributed by atoms with van der Waals surface area (Å²) in [5.74, 6) is 0.608. The van der Waals surface area contributed by atoms with E-state index in [4.69, 9.17) is 10.5 Å². The molecule has 0 aliphatic heterocycles. The van der Waals surface area contributed by atoms with Crippen molar-refractivity contribution in [3.8, 4) is 5.75 Å². The smallest absolute Gasteiger partial charge is 0.243 e. The molecule has 0 fully saturated rings. The number of carbonyl (C=O) groups is 1. The van der Waals surface area contributed by atoms with Crippen molar-refractivity contribution in [1.29, 1.82) is 0 Å². The summed E-state index contributed by atoms with van der Waals surface area (Å²) in [7, 11) is 0. The molecule has 4 nitrogen and oxygen atoms in total. The Morgan fingerprint density at radius 1 is 1.14 bits per heavy atom. The number of para-hydroxylation sites is 1. The minimum Gasteiger partial charge on any atom is -0.489 e. The molecule has 0 radical (unpaired) electrons. The lowest BCUT2D eigenvalue weighted by molar-refractivity contribution is -0.120. The number of rotatable bonds is 5. The van der Waals surface area contributed by atoms with Gasteiger partial charge in [-0.05, 0) is 50.1 Å². The highest BCUT2D eigenvalue weighted by molar-refractivity contribution is 5.97. The van der Waals surface area contributed by atoms with Gasteiger partial charge >= 0.3 is 0 Å². The van der Waals surface area contributed by atoms with Crippen LogP contribution in [0.5, 0.6) is 5.75 Å². The SMILES string of the molecule is Cc1c(COc2ccccc2)cccc1NC(=O)C(C)(C)N. The van der Waals surface area contributed by atoms with E-state index >= 15 is 0 Å². The summed E-state index contributed by atoms with van der Waals surface area (Å²) >= 11 is 0. The molecule has 116 valence electrons. The van der Waals surface area contributed by atoms with Crippen molar-refractivity contribution in [3.63, 3.8) is 0 Å². The molecule has 0 saturated heterocycles. The second-order valence-electron chi connectivity index (χ2n) is 5.87. The van der Waals surface area contributed by atoms with Crippen LogP contribution in [0.2, 0.25) is 0 Å². The Labute approximate surface area is 131 Å². The number of amides is 1. The molecule has 0 unspecified atom stereocenters. The third kappa shape index (κ3) is 4.09. The van der Waals surface area contributed by atoms with Crippen LogP contribution >= 0.6 is 0 Å². The molecule has 2 aromatic carbocycles. The topological polar surface area (TPSA) is 64.3 Å². The summed E-state index contributed by atoms with van der Waals surface area (Å²) in [6.45, 7) is 5.77. The first-order chi connectivity index (χ1) is 10.4. The fourth-order valence-electron chi connectivity index (χ4n) is 1.94. The van der Waals surface area contributed by atoms with E-state index in [0.29, 0.717) is 6.61 Å². The molecule has 4 heteroatoms. The zero-order valence-corrected chi connectivity index (χ0v) is 13.2. The molecule has 22 heavy (non-hydrogen) atoms. The van der Waals surface area contributed by atoms with Crippen LogP contribution in [0.15, 0.2) is 48.5 Å². The summed E-state index contributed by atoms with van der Waals surface area (Å²) in [5.41, 5.74) is 7.67. The Morgan fingerprint density at radius 3 is 2.45 bits per heavy atom. The van der Waals surface area contributed by atoms with Gasteiger partial charge in [0.25, 0.3) is 0 Å². The molecular weight excluding hydrogens is 276 g/mol. The maximum Gasteiger partial charge on any atom is 0.243 e. The standard InChI is InChI=1S/C18H22N2O2/c1-13-14(12-22-15-9-5-4-6-10-15)8-7-11-16(13)20-17(21)18(2,3)19/h4-11H,12,19H2,1-3H3,(H,20,21). The van der Waals surface area contributed by atoms with Crippen LogP contribution in [0.25, 0.3) is 0 Å². The Morgan fingerprint density at radius 2 is 1.82 bits per heavy atom. The van der Waals surface area contributed by atoms with Crippen molar-refractivity contribution < 1.29 is 9.53 Å². The number of carbonyl (C=O) groups excluding carboxylic acids is 1. The van der Waals surface area contributed by atoms with E-state index in [2.05, 4.69) is 5.32 Å². The second kappa shape index (κ2) is 6.62. The third-order valence-corrected chi connectivity index (χ3v) is 3.42. The van der Waals surface area contributed by atoms with Gasteiger partial charge in [-0.15, -0.1) is 0 Å². The van der Waals surface area contributed by atoms with Gasteiger partial charge in [0.1, 0.15) is 12.4 Å². The minimum atomic E-state index is -0.914. The van der Waals surface area contributed by atoms with E-state index in [1.165, 1.54) is 0 Å². The Balaban J connectivity index is 2.11. The molecular formula is C18H22N2O2. The van der Waals surface area contributed by atoms with Gasteiger partial charge < -0.3 is 15.8 Å². The second-order valence-corrected chi connectivity index (χ2v) is 5.87. The number of hydrogen-bond donors (Lipinski definition) is 2. The van der Waals surface area contributed by atoms with Crippen molar-refractivity contribution in [2.45, 2.75) is 32.9 Å². The van der Waals surface area contributed by atoms with Crippen molar-refractivity contribution in [2.24, 2.45) is 5.73 Å². The monoisotopic (exact) mass is 298 g/mol. The molecule has 2 rings (SSSR count). The normalized spacial score (nSPS) is 11.1. The first kappa shape index (κ1) is 16.0. The lowest BCUT2D eigenvalue weighted by atomic mass is 10.0. The molecule has 0 saturated carbocycles. The molecule has 0 bridgehead atoms. The van der Waals surface area contributed by atoms with Gasteiger partial charge in [0.2, 0.25) is 5.91 Å². The van der Waals surface area contributed by atoms with Crippen LogP contribution in [-0.2, 0) is 11.4 Å². The Bertz CT molecular complexity index is 646. The maximum absolute atomic E-state index is 12.0. The molecule has 1 amide bonds. The zero-order valence-electron chi connectivity index (χ0n) is 13.2. The van der Waals surface area contributed by atoms with Crippen molar-refractivity contribution in [1.82, 2.24) is 0 Å². The Hall–Kier alpha value is -2.33. The highest BCUT2D eigenvalue weighted by Crippen LogP contribution is 2.21. The third-order valence-electron chi connectivity index (χ3n) is 3.42. The summed E-state index contributed by atoms with van der Waals surface area (Å²) < 4.78 is 5.76.